The number of ether oxygens (including phenoxy) is 2. The molecule has 1 unspecified atom stereocenters. The molecular weight excluding hydrogens is 382 g/mol. The maximum Gasteiger partial charge on any atom is 0.337 e. The first-order valence-electron chi connectivity index (χ1n) is 10.1. The molecule has 0 aliphatic carbocycles. The molecule has 156 valence electrons. The van der Waals surface area contributed by atoms with E-state index in [9.17, 15) is 9.59 Å². The molecule has 6 heteroatoms. The number of nitrogens with zero attached hydrogens (tertiary/aromatic N) is 1. The smallest absolute Gasteiger partial charge is 0.337 e. The van der Waals surface area contributed by atoms with Crippen LogP contribution in [0.15, 0.2) is 64.0 Å². The summed E-state index contributed by atoms with van der Waals surface area (Å²) in [5.41, 5.74) is 2.77. The monoisotopic (exact) mass is 407 g/mol. The number of para-hydroxylation sites is 1. The van der Waals surface area contributed by atoms with Crippen molar-refractivity contribution in [1.82, 2.24) is 4.90 Å². The highest BCUT2D eigenvalue weighted by molar-refractivity contribution is 5.89. The summed E-state index contributed by atoms with van der Waals surface area (Å²) in [6, 6.07) is 14.6. The first kappa shape index (κ1) is 20.3. The number of methoxy groups -OCH3 is 1. The van der Waals surface area contributed by atoms with Crippen LogP contribution in [0.5, 0.6) is 0 Å². The van der Waals surface area contributed by atoms with Crippen molar-refractivity contribution in [3.05, 3.63) is 81.7 Å². The average Bonchev–Trinajstić information content (AvgIpc) is 3.29. The summed E-state index contributed by atoms with van der Waals surface area (Å²) in [5, 5.41) is 0.592. The molecular formula is C24H25NO5. The second-order valence-corrected chi connectivity index (χ2v) is 7.58. The molecule has 2 aromatic carbocycles. The summed E-state index contributed by atoms with van der Waals surface area (Å²) in [7, 11) is 1.37. The molecule has 6 nitrogen and oxygen atoms in total. The highest BCUT2D eigenvalue weighted by Gasteiger charge is 2.21. The fourth-order valence-corrected chi connectivity index (χ4v) is 3.85. The van der Waals surface area contributed by atoms with E-state index in [0.29, 0.717) is 35.2 Å². The summed E-state index contributed by atoms with van der Waals surface area (Å²) in [5.74, 6) is -0.355. The lowest BCUT2D eigenvalue weighted by Gasteiger charge is -2.25. The second kappa shape index (κ2) is 9.24. The Morgan fingerprint density at radius 2 is 1.93 bits per heavy atom. The van der Waals surface area contributed by atoms with Crippen molar-refractivity contribution in [2.45, 2.75) is 32.0 Å². The fraction of sp³-hybridized carbons (Fsp3) is 0.333. The third-order valence-electron chi connectivity index (χ3n) is 5.41. The van der Waals surface area contributed by atoms with Gasteiger partial charge in [0.15, 0.2) is 5.43 Å². The molecule has 0 spiro atoms. The van der Waals surface area contributed by atoms with Crippen LogP contribution >= 0.6 is 0 Å². The van der Waals surface area contributed by atoms with Gasteiger partial charge in [-0.2, -0.15) is 0 Å². The number of hydrogen-bond acceptors (Lipinski definition) is 6. The van der Waals surface area contributed by atoms with E-state index in [1.165, 1.54) is 7.11 Å². The Bertz CT molecular complexity index is 1070. The lowest BCUT2D eigenvalue weighted by Crippen LogP contribution is -2.33. The maximum absolute atomic E-state index is 12.9. The fourth-order valence-electron chi connectivity index (χ4n) is 3.85. The van der Waals surface area contributed by atoms with Crippen molar-refractivity contribution < 1.29 is 18.7 Å². The van der Waals surface area contributed by atoms with Gasteiger partial charge >= 0.3 is 5.97 Å². The molecule has 3 aromatic rings. The van der Waals surface area contributed by atoms with Gasteiger partial charge in [-0.3, -0.25) is 9.69 Å². The Morgan fingerprint density at radius 1 is 1.13 bits per heavy atom. The van der Waals surface area contributed by atoms with Gasteiger partial charge in [0.25, 0.3) is 0 Å². The normalized spacial score (nSPS) is 16.3. The lowest BCUT2D eigenvalue weighted by molar-refractivity contribution is 0.0600. The minimum absolute atomic E-state index is 0.00442. The van der Waals surface area contributed by atoms with E-state index in [0.717, 1.165) is 31.6 Å². The van der Waals surface area contributed by atoms with Crippen LogP contribution in [0.1, 0.15) is 34.3 Å². The van der Waals surface area contributed by atoms with Crippen molar-refractivity contribution >= 4 is 16.9 Å². The van der Waals surface area contributed by atoms with Crippen LogP contribution in [-0.4, -0.2) is 37.2 Å². The van der Waals surface area contributed by atoms with Crippen LogP contribution < -0.4 is 5.43 Å². The minimum atomic E-state index is -0.355. The zero-order chi connectivity index (χ0) is 20.9. The molecule has 0 N–H and O–H groups in total. The Labute approximate surface area is 175 Å². The van der Waals surface area contributed by atoms with Gasteiger partial charge in [-0.1, -0.05) is 24.3 Å². The molecule has 1 aliphatic rings. The maximum atomic E-state index is 12.9. The van der Waals surface area contributed by atoms with Gasteiger partial charge in [0.1, 0.15) is 5.58 Å². The standard InChI is InChI=1S/C24H25NO5/c1-28-24(27)18-10-8-17(9-11-18)13-25(15-20-5-4-12-29-20)14-19-16-30-22-7-3-2-6-21(22)23(19)26/h2-3,6-11,16,20H,4-5,12-15H2,1H3. The first-order chi connectivity index (χ1) is 14.6. The summed E-state index contributed by atoms with van der Waals surface area (Å²) < 4.78 is 16.3. The Kier molecular flexibility index (Phi) is 6.26. The molecule has 1 fully saturated rings. The zero-order valence-electron chi connectivity index (χ0n) is 17.0. The molecule has 1 aliphatic heterocycles. The average molecular weight is 407 g/mol. The second-order valence-electron chi connectivity index (χ2n) is 7.58. The van der Waals surface area contributed by atoms with Crippen molar-refractivity contribution in [1.29, 1.82) is 0 Å². The van der Waals surface area contributed by atoms with Crippen LogP contribution in [0.3, 0.4) is 0 Å². The highest BCUT2D eigenvalue weighted by Crippen LogP contribution is 2.18. The summed E-state index contributed by atoms with van der Waals surface area (Å²) in [4.78, 5) is 26.8. The summed E-state index contributed by atoms with van der Waals surface area (Å²) in [6.07, 6.45) is 3.80. The number of rotatable bonds is 7. The molecule has 0 bridgehead atoms. The lowest BCUT2D eigenvalue weighted by atomic mass is 10.1. The number of carbonyl (C=O) groups excluding carboxylic acids is 1. The van der Waals surface area contributed by atoms with Gasteiger partial charge in [-0.25, -0.2) is 4.79 Å². The van der Waals surface area contributed by atoms with Gasteiger partial charge in [-0.05, 0) is 42.7 Å². The topological polar surface area (TPSA) is 69.0 Å². The van der Waals surface area contributed by atoms with Gasteiger partial charge in [-0.15, -0.1) is 0 Å². The molecule has 1 aromatic heterocycles. The van der Waals surface area contributed by atoms with Crippen molar-refractivity contribution in [2.24, 2.45) is 0 Å². The Hall–Kier alpha value is -2.96. The number of carbonyl (C=O) groups is 1. The van der Waals surface area contributed by atoms with E-state index in [1.807, 2.05) is 24.3 Å². The van der Waals surface area contributed by atoms with Gasteiger partial charge in [0.05, 0.1) is 30.4 Å². The van der Waals surface area contributed by atoms with Crippen LogP contribution in [0.2, 0.25) is 0 Å². The van der Waals surface area contributed by atoms with Gasteiger partial charge in [0.2, 0.25) is 0 Å². The highest BCUT2D eigenvalue weighted by atomic mass is 16.5. The molecule has 2 heterocycles. The molecule has 0 amide bonds. The number of fused-ring (bicyclic) bond motifs is 1. The third kappa shape index (κ3) is 4.61. The zero-order valence-corrected chi connectivity index (χ0v) is 17.0. The summed E-state index contributed by atoms with van der Waals surface area (Å²) in [6.45, 7) is 2.61. The van der Waals surface area contributed by atoms with Crippen LogP contribution in [0.4, 0.5) is 0 Å². The van der Waals surface area contributed by atoms with Crippen molar-refractivity contribution in [3.8, 4) is 0 Å². The van der Waals surface area contributed by atoms with Crippen LogP contribution in [0.25, 0.3) is 11.0 Å². The van der Waals surface area contributed by atoms with Gasteiger partial charge in [0, 0.05) is 31.8 Å². The Balaban J connectivity index is 1.56. The quantitative estimate of drug-likeness (QED) is 0.556. The molecule has 1 saturated heterocycles. The minimum Gasteiger partial charge on any atom is -0.465 e. The predicted octanol–water partition coefficient (Wildman–Crippen LogP) is 3.76. The summed E-state index contributed by atoms with van der Waals surface area (Å²) >= 11 is 0. The van der Waals surface area contributed by atoms with E-state index >= 15 is 0 Å². The van der Waals surface area contributed by atoms with Crippen molar-refractivity contribution in [2.75, 3.05) is 20.3 Å². The van der Waals surface area contributed by atoms with E-state index < -0.39 is 0 Å². The largest absolute Gasteiger partial charge is 0.465 e. The molecule has 30 heavy (non-hydrogen) atoms. The number of hydrogen-bond donors (Lipinski definition) is 0. The van der Waals surface area contributed by atoms with Crippen molar-refractivity contribution in [3.63, 3.8) is 0 Å². The molecule has 0 radical (unpaired) electrons. The van der Waals surface area contributed by atoms with E-state index in [-0.39, 0.29) is 17.5 Å². The molecule has 1 atom stereocenters. The van der Waals surface area contributed by atoms with E-state index in [1.54, 1.807) is 30.5 Å². The van der Waals surface area contributed by atoms with Crippen LogP contribution in [0, 0.1) is 0 Å². The predicted molar refractivity (Wildman–Crippen MR) is 113 cm³/mol. The molecule has 0 saturated carbocycles. The number of benzene rings is 2. The SMILES string of the molecule is COC(=O)c1ccc(CN(Cc2coc3ccccc3c2=O)CC2CCCO2)cc1. The first-order valence-corrected chi connectivity index (χ1v) is 10.1. The van der Waals surface area contributed by atoms with E-state index in [4.69, 9.17) is 13.9 Å². The third-order valence-corrected chi connectivity index (χ3v) is 5.41. The van der Waals surface area contributed by atoms with Gasteiger partial charge < -0.3 is 13.9 Å². The Morgan fingerprint density at radius 3 is 2.67 bits per heavy atom. The number of esters is 1. The van der Waals surface area contributed by atoms with Crippen LogP contribution in [-0.2, 0) is 22.6 Å². The van der Waals surface area contributed by atoms with E-state index in [2.05, 4.69) is 4.90 Å². The molecule has 4 rings (SSSR count).